The van der Waals surface area contributed by atoms with E-state index in [4.69, 9.17) is 0 Å². The summed E-state index contributed by atoms with van der Waals surface area (Å²) in [5.41, 5.74) is 1.48. The Morgan fingerprint density at radius 1 is 1.45 bits per heavy atom. The average Bonchev–Trinajstić information content (AvgIpc) is 2.33. The topological polar surface area (TPSA) is 17.1 Å². The minimum Gasteiger partial charge on any atom is -0.282 e. The molecule has 0 aromatic heterocycles. The van der Waals surface area contributed by atoms with E-state index in [0.29, 0.717) is 11.3 Å². The standard InChI is InChI=1S/C8H5FOS/c9-6-2-1-5-4-11-8(10)7(5)3-6/h1-3H,4H2. The molecule has 0 fully saturated rings. The van der Waals surface area contributed by atoms with Gasteiger partial charge in [-0.05, 0) is 17.7 Å². The van der Waals surface area contributed by atoms with E-state index >= 15 is 0 Å². The molecule has 1 nitrogen and oxygen atoms in total. The van der Waals surface area contributed by atoms with E-state index in [1.807, 2.05) is 0 Å². The number of carbonyl (C=O) groups is 1. The molecule has 1 aliphatic heterocycles. The van der Waals surface area contributed by atoms with E-state index in [2.05, 4.69) is 0 Å². The molecule has 0 spiro atoms. The Balaban J connectivity index is 2.60. The van der Waals surface area contributed by atoms with Crippen molar-refractivity contribution in [3.8, 4) is 0 Å². The highest BCUT2D eigenvalue weighted by Gasteiger charge is 2.19. The first-order chi connectivity index (χ1) is 5.27. The summed E-state index contributed by atoms with van der Waals surface area (Å²) in [4.78, 5) is 11.0. The van der Waals surface area contributed by atoms with Crippen molar-refractivity contribution in [1.29, 1.82) is 0 Å². The van der Waals surface area contributed by atoms with E-state index in [9.17, 15) is 9.18 Å². The van der Waals surface area contributed by atoms with Crippen LogP contribution in [-0.4, -0.2) is 5.12 Å². The number of fused-ring (bicyclic) bond motifs is 1. The summed E-state index contributed by atoms with van der Waals surface area (Å²) in [5, 5.41) is -0.0144. The number of thioether (sulfide) groups is 1. The highest BCUT2D eigenvalue weighted by atomic mass is 32.2. The number of hydrogen-bond donors (Lipinski definition) is 0. The van der Waals surface area contributed by atoms with Gasteiger partial charge in [-0.15, -0.1) is 0 Å². The van der Waals surface area contributed by atoms with Gasteiger partial charge in [-0.2, -0.15) is 0 Å². The quantitative estimate of drug-likeness (QED) is 0.590. The van der Waals surface area contributed by atoms with Crippen LogP contribution in [0.25, 0.3) is 0 Å². The van der Waals surface area contributed by atoms with Crippen molar-refractivity contribution < 1.29 is 9.18 Å². The smallest absolute Gasteiger partial charge is 0.220 e. The second-order valence-electron chi connectivity index (χ2n) is 2.38. The largest absolute Gasteiger partial charge is 0.282 e. The number of rotatable bonds is 0. The first-order valence-electron chi connectivity index (χ1n) is 3.23. The maximum absolute atomic E-state index is 12.6. The Morgan fingerprint density at radius 3 is 3.09 bits per heavy atom. The molecule has 1 aliphatic rings. The monoisotopic (exact) mass is 168 g/mol. The van der Waals surface area contributed by atoms with Gasteiger partial charge < -0.3 is 0 Å². The first kappa shape index (κ1) is 6.85. The van der Waals surface area contributed by atoms with Crippen molar-refractivity contribution in [3.05, 3.63) is 35.1 Å². The Bertz CT molecular complexity index is 322. The van der Waals surface area contributed by atoms with Crippen molar-refractivity contribution in [3.63, 3.8) is 0 Å². The van der Waals surface area contributed by atoms with Crippen molar-refractivity contribution >= 4 is 16.9 Å². The maximum atomic E-state index is 12.6. The van der Waals surface area contributed by atoms with Crippen molar-refractivity contribution in [2.45, 2.75) is 5.75 Å². The molecule has 0 bridgehead atoms. The van der Waals surface area contributed by atoms with Crippen LogP contribution in [0.5, 0.6) is 0 Å². The SMILES string of the molecule is O=C1SCc2ccc(F)cc21. The maximum Gasteiger partial charge on any atom is 0.220 e. The molecule has 0 radical (unpaired) electrons. The van der Waals surface area contributed by atoms with E-state index in [1.54, 1.807) is 6.07 Å². The zero-order valence-electron chi connectivity index (χ0n) is 5.63. The number of carbonyl (C=O) groups excluding carboxylic acids is 1. The van der Waals surface area contributed by atoms with Crippen molar-refractivity contribution in [1.82, 2.24) is 0 Å². The summed E-state index contributed by atoms with van der Waals surface area (Å²) in [6.45, 7) is 0. The predicted octanol–water partition coefficient (Wildman–Crippen LogP) is 2.21. The molecular weight excluding hydrogens is 163 g/mol. The molecule has 1 aromatic carbocycles. The Kier molecular flexibility index (Phi) is 1.46. The molecule has 0 aliphatic carbocycles. The van der Waals surface area contributed by atoms with Gasteiger partial charge in [0.1, 0.15) is 5.82 Å². The van der Waals surface area contributed by atoms with Crippen LogP contribution in [0.4, 0.5) is 4.39 Å². The second kappa shape index (κ2) is 2.34. The summed E-state index contributed by atoms with van der Waals surface area (Å²) >= 11 is 1.23. The fourth-order valence-corrected chi connectivity index (χ4v) is 1.97. The molecule has 1 aromatic rings. The Hall–Kier alpha value is -0.830. The van der Waals surface area contributed by atoms with Crippen LogP contribution in [0.2, 0.25) is 0 Å². The van der Waals surface area contributed by atoms with Gasteiger partial charge in [-0.25, -0.2) is 4.39 Å². The Morgan fingerprint density at radius 2 is 2.27 bits per heavy atom. The van der Waals surface area contributed by atoms with Crippen molar-refractivity contribution in [2.75, 3.05) is 0 Å². The minimum absolute atomic E-state index is 0.0144. The summed E-state index contributed by atoms with van der Waals surface area (Å²) < 4.78 is 12.6. The Labute approximate surface area is 67.6 Å². The van der Waals surface area contributed by atoms with E-state index in [-0.39, 0.29) is 10.9 Å². The number of halogens is 1. The van der Waals surface area contributed by atoms with Gasteiger partial charge in [0.15, 0.2) is 0 Å². The van der Waals surface area contributed by atoms with Crippen LogP contribution >= 0.6 is 11.8 Å². The molecule has 3 heteroatoms. The molecule has 1 heterocycles. The molecule has 0 amide bonds. The van der Waals surface area contributed by atoms with Crippen molar-refractivity contribution in [2.24, 2.45) is 0 Å². The highest BCUT2D eigenvalue weighted by Crippen LogP contribution is 2.29. The second-order valence-corrected chi connectivity index (χ2v) is 3.33. The van der Waals surface area contributed by atoms with E-state index in [0.717, 1.165) is 5.56 Å². The lowest BCUT2D eigenvalue weighted by Crippen LogP contribution is -1.89. The fraction of sp³-hybridized carbons (Fsp3) is 0.125. The zero-order chi connectivity index (χ0) is 7.84. The van der Waals surface area contributed by atoms with E-state index in [1.165, 1.54) is 23.9 Å². The lowest BCUT2D eigenvalue weighted by atomic mass is 10.1. The summed E-state index contributed by atoms with van der Waals surface area (Å²) in [6, 6.07) is 4.36. The van der Waals surface area contributed by atoms with Gasteiger partial charge >= 0.3 is 0 Å². The number of benzene rings is 1. The van der Waals surface area contributed by atoms with Gasteiger partial charge in [0, 0.05) is 11.3 Å². The molecule has 11 heavy (non-hydrogen) atoms. The minimum atomic E-state index is -0.334. The third-order valence-corrected chi connectivity index (χ3v) is 2.59. The first-order valence-corrected chi connectivity index (χ1v) is 4.21. The van der Waals surface area contributed by atoms with Gasteiger partial charge in [0.2, 0.25) is 5.12 Å². The summed E-state index contributed by atoms with van der Waals surface area (Å²) in [7, 11) is 0. The fourth-order valence-electron chi connectivity index (χ4n) is 1.09. The van der Waals surface area contributed by atoms with Gasteiger partial charge in [0.05, 0.1) is 0 Å². The van der Waals surface area contributed by atoms with Gasteiger partial charge in [-0.1, -0.05) is 17.8 Å². The molecular formula is C8H5FOS. The van der Waals surface area contributed by atoms with E-state index < -0.39 is 0 Å². The average molecular weight is 168 g/mol. The van der Waals surface area contributed by atoms with Gasteiger partial charge in [0.25, 0.3) is 0 Å². The zero-order valence-corrected chi connectivity index (χ0v) is 6.45. The third-order valence-electron chi connectivity index (χ3n) is 1.65. The lowest BCUT2D eigenvalue weighted by molar-refractivity contribution is 0.109. The van der Waals surface area contributed by atoms with Crippen LogP contribution in [-0.2, 0) is 5.75 Å². The van der Waals surface area contributed by atoms with Gasteiger partial charge in [-0.3, -0.25) is 4.79 Å². The lowest BCUT2D eigenvalue weighted by Gasteiger charge is -1.93. The predicted molar refractivity (Wildman–Crippen MR) is 42.0 cm³/mol. The molecule has 56 valence electrons. The summed E-state index contributed by atoms with van der Waals surface area (Å²) in [5.74, 6) is 0.355. The van der Waals surface area contributed by atoms with Crippen LogP contribution in [0.15, 0.2) is 18.2 Å². The summed E-state index contributed by atoms with van der Waals surface area (Å²) in [6.07, 6.45) is 0. The van der Waals surface area contributed by atoms with Crippen LogP contribution < -0.4 is 0 Å². The van der Waals surface area contributed by atoms with Crippen LogP contribution in [0, 0.1) is 5.82 Å². The molecule has 0 atom stereocenters. The molecule has 0 N–H and O–H groups in total. The molecule has 2 rings (SSSR count). The normalized spacial score (nSPS) is 15.2. The number of hydrogen-bond acceptors (Lipinski definition) is 2. The van der Waals surface area contributed by atoms with Crippen LogP contribution in [0.1, 0.15) is 15.9 Å². The van der Waals surface area contributed by atoms with Crippen LogP contribution in [0.3, 0.4) is 0 Å². The molecule has 0 unspecified atom stereocenters. The third kappa shape index (κ3) is 1.05. The molecule has 0 saturated carbocycles. The highest BCUT2D eigenvalue weighted by molar-refractivity contribution is 8.13. The molecule has 0 saturated heterocycles.